The number of rotatable bonds is 3. The lowest BCUT2D eigenvalue weighted by Crippen LogP contribution is -2.07. The number of hydrogen-bond donors (Lipinski definition) is 1. The van der Waals surface area contributed by atoms with Gasteiger partial charge in [0.15, 0.2) is 0 Å². The Morgan fingerprint density at radius 2 is 2.16 bits per heavy atom. The summed E-state index contributed by atoms with van der Waals surface area (Å²) in [6.07, 6.45) is 0. The number of pyridine rings is 1. The van der Waals surface area contributed by atoms with E-state index in [4.69, 9.17) is 10.5 Å². The number of halogens is 1. The van der Waals surface area contributed by atoms with Crippen LogP contribution in [0.5, 0.6) is 0 Å². The molecule has 2 rings (SSSR count). The van der Waals surface area contributed by atoms with Crippen LogP contribution in [0.3, 0.4) is 0 Å². The number of nitrogen functional groups attached to an aromatic ring is 1. The highest BCUT2D eigenvalue weighted by atomic mass is 19.1. The van der Waals surface area contributed by atoms with E-state index in [0.717, 1.165) is 11.8 Å². The van der Waals surface area contributed by atoms with E-state index in [1.165, 1.54) is 12.1 Å². The first-order valence-electron chi connectivity index (χ1n) is 5.71. The Hall–Kier alpha value is -2.43. The van der Waals surface area contributed by atoms with Crippen LogP contribution < -0.4 is 5.73 Å². The Morgan fingerprint density at radius 3 is 2.84 bits per heavy atom. The highest BCUT2D eigenvalue weighted by Gasteiger charge is 2.10. The van der Waals surface area contributed by atoms with Gasteiger partial charge in [-0.25, -0.2) is 9.18 Å². The van der Waals surface area contributed by atoms with Gasteiger partial charge in [-0.2, -0.15) is 0 Å². The summed E-state index contributed by atoms with van der Waals surface area (Å²) < 4.78 is 18.3. The predicted molar refractivity (Wildman–Crippen MR) is 68.9 cm³/mol. The smallest absolute Gasteiger partial charge is 0.338 e. The SMILES string of the molecule is Cc1cccc(COC(=O)c2ccc(N)c(F)c2)n1. The molecule has 0 spiro atoms. The monoisotopic (exact) mass is 260 g/mol. The van der Waals surface area contributed by atoms with Crippen LogP contribution in [0.15, 0.2) is 36.4 Å². The average molecular weight is 260 g/mol. The fraction of sp³-hybridized carbons (Fsp3) is 0.143. The summed E-state index contributed by atoms with van der Waals surface area (Å²) in [5, 5.41) is 0. The zero-order valence-corrected chi connectivity index (χ0v) is 10.4. The number of benzene rings is 1. The van der Waals surface area contributed by atoms with Gasteiger partial charge >= 0.3 is 5.97 Å². The Balaban J connectivity index is 2.03. The molecule has 0 bridgehead atoms. The van der Waals surface area contributed by atoms with Gasteiger partial charge in [-0.15, -0.1) is 0 Å². The van der Waals surface area contributed by atoms with Crippen LogP contribution in [0.4, 0.5) is 10.1 Å². The molecule has 0 fully saturated rings. The van der Waals surface area contributed by atoms with Crippen LogP contribution in [-0.4, -0.2) is 11.0 Å². The molecule has 0 saturated carbocycles. The summed E-state index contributed by atoms with van der Waals surface area (Å²) >= 11 is 0. The molecule has 0 unspecified atom stereocenters. The van der Waals surface area contributed by atoms with Crippen molar-refractivity contribution in [2.45, 2.75) is 13.5 Å². The molecule has 4 nitrogen and oxygen atoms in total. The molecular weight excluding hydrogens is 247 g/mol. The molecule has 1 aromatic carbocycles. The molecule has 0 radical (unpaired) electrons. The number of ether oxygens (including phenoxy) is 1. The number of nitrogens with two attached hydrogens (primary N) is 1. The van der Waals surface area contributed by atoms with Crippen LogP contribution >= 0.6 is 0 Å². The predicted octanol–water partition coefficient (Wildman–Crippen LogP) is 2.47. The molecule has 2 aromatic rings. The molecule has 0 aliphatic rings. The van der Waals surface area contributed by atoms with E-state index >= 15 is 0 Å². The maximum absolute atomic E-state index is 13.2. The molecule has 5 heteroatoms. The van der Waals surface area contributed by atoms with E-state index in [1.807, 2.05) is 19.1 Å². The molecule has 0 aliphatic carbocycles. The highest BCUT2D eigenvalue weighted by molar-refractivity contribution is 5.89. The Bertz CT molecular complexity index is 614. The first kappa shape index (κ1) is 13.0. The third-order valence-corrected chi connectivity index (χ3v) is 2.53. The summed E-state index contributed by atoms with van der Waals surface area (Å²) in [6.45, 7) is 1.90. The van der Waals surface area contributed by atoms with Gasteiger partial charge in [0.25, 0.3) is 0 Å². The lowest BCUT2D eigenvalue weighted by atomic mass is 10.2. The molecule has 0 aliphatic heterocycles. The Labute approximate surface area is 110 Å². The molecule has 98 valence electrons. The number of aromatic nitrogens is 1. The number of nitrogens with zero attached hydrogens (tertiary/aromatic N) is 1. The molecule has 0 atom stereocenters. The third-order valence-electron chi connectivity index (χ3n) is 2.53. The van der Waals surface area contributed by atoms with Crippen LogP contribution in [0.2, 0.25) is 0 Å². The number of hydrogen-bond acceptors (Lipinski definition) is 4. The highest BCUT2D eigenvalue weighted by Crippen LogP contribution is 2.13. The molecule has 1 heterocycles. The topological polar surface area (TPSA) is 65.2 Å². The largest absolute Gasteiger partial charge is 0.456 e. The van der Waals surface area contributed by atoms with Crippen LogP contribution in [0.1, 0.15) is 21.7 Å². The first-order valence-corrected chi connectivity index (χ1v) is 5.71. The van der Waals surface area contributed by atoms with Crippen molar-refractivity contribution in [2.75, 3.05) is 5.73 Å². The third kappa shape index (κ3) is 3.28. The lowest BCUT2D eigenvalue weighted by molar-refractivity contribution is 0.0467. The van der Waals surface area contributed by atoms with Crippen molar-refractivity contribution in [3.8, 4) is 0 Å². The van der Waals surface area contributed by atoms with E-state index in [-0.39, 0.29) is 17.9 Å². The number of carbonyl (C=O) groups is 1. The molecule has 19 heavy (non-hydrogen) atoms. The van der Waals surface area contributed by atoms with Crippen LogP contribution in [-0.2, 0) is 11.3 Å². The number of carbonyl (C=O) groups excluding carboxylic acids is 1. The van der Waals surface area contributed by atoms with Gasteiger partial charge in [0, 0.05) is 5.69 Å². The van der Waals surface area contributed by atoms with Crippen LogP contribution in [0.25, 0.3) is 0 Å². The molecular formula is C14H13FN2O2. The number of esters is 1. The molecule has 2 N–H and O–H groups in total. The minimum Gasteiger partial charge on any atom is -0.456 e. The second-order valence-corrected chi connectivity index (χ2v) is 4.08. The van der Waals surface area contributed by atoms with Crippen molar-refractivity contribution in [1.29, 1.82) is 0 Å². The minimum atomic E-state index is -0.636. The van der Waals surface area contributed by atoms with E-state index < -0.39 is 11.8 Å². The van der Waals surface area contributed by atoms with E-state index in [0.29, 0.717) is 5.69 Å². The standard InChI is InChI=1S/C14H13FN2O2/c1-9-3-2-4-11(17-9)8-19-14(18)10-5-6-13(16)12(15)7-10/h2-7H,8,16H2,1H3. The first-order chi connectivity index (χ1) is 9.06. The van der Waals surface area contributed by atoms with E-state index in [1.54, 1.807) is 6.07 Å². The van der Waals surface area contributed by atoms with Crippen LogP contribution in [0, 0.1) is 12.7 Å². The van der Waals surface area contributed by atoms with Gasteiger partial charge in [0.2, 0.25) is 0 Å². The average Bonchev–Trinajstić information content (AvgIpc) is 2.39. The van der Waals surface area contributed by atoms with Gasteiger partial charge in [0.1, 0.15) is 12.4 Å². The van der Waals surface area contributed by atoms with Gasteiger partial charge < -0.3 is 10.5 Å². The van der Waals surface area contributed by atoms with Gasteiger partial charge in [0.05, 0.1) is 16.9 Å². The van der Waals surface area contributed by atoms with Crippen molar-refractivity contribution < 1.29 is 13.9 Å². The number of anilines is 1. The zero-order valence-electron chi connectivity index (χ0n) is 10.4. The van der Waals surface area contributed by atoms with Gasteiger partial charge in [-0.05, 0) is 37.3 Å². The summed E-state index contributed by atoms with van der Waals surface area (Å²) in [4.78, 5) is 15.9. The van der Waals surface area contributed by atoms with Crippen molar-refractivity contribution >= 4 is 11.7 Å². The fourth-order valence-corrected chi connectivity index (χ4v) is 1.56. The van der Waals surface area contributed by atoms with E-state index in [9.17, 15) is 9.18 Å². The van der Waals surface area contributed by atoms with Crippen molar-refractivity contribution in [3.05, 3.63) is 59.2 Å². The zero-order chi connectivity index (χ0) is 13.8. The van der Waals surface area contributed by atoms with Crippen molar-refractivity contribution in [3.63, 3.8) is 0 Å². The summed E-state index contributed by atoms with van der Waals surface area (Å²) in [5.41, 5.74) is 6.94. The van der Waals surface area contributed by atoms with Crippen molar-refractivity contribution in [2.24, 2.45) is 0 Å². The van der Waals surface area contributed by atoms with Crippen molar-refractivity contribution in [1.82, 2.24) is 4.98 Å². The van der Waals surface area contributed by atoms with E-state index in [2.05, 4.69) is 4.98 Å². The number of aryl methyl sites for hydroxylation is 1. The molecule has 1 aromatic heterocycles. The quantitative estimate of drug-likeness (QED) is 0.680. The Kier molecular flexibility index (Phi) is 3.75. The molecule has 0 amide bonds. The lowest BCUT2D eigenvalue weighted by Gasteiger charge is -2.05. The fourth-order valence-electron chi connectivity index (χ4n) is 1.56. The maximum atomic E-state index is 13.2. The Morgan fingerprint density at radius 1 is 1.37 bits per heavy atom. The molecule has 0 saturated heterocycles. The maximum Gasteiger partial charge on any atom is 0.338 e. The minimum absolute atomic E-state index is 0.00287. The summed E-state index contributed by atoms with van der Waals surface area (Å²) in [6, 6.07) is 9.24. The summed E-state index contributed by atoms with van der Waals surface area (Å²) in [5.74, 6) is -1.25. The normalized spacial score (nSPS) is 10.2. The second kappa shape index (κ2) is 5.48. The van der Waals surface area contributed by atoms with Gasteiger partial charge in [-0.1, -0.05) is 6.07 Å². The van der Waals surface area contributed by atoms with Gasteiger partial charge in [-0.3, -0.25) is 4.98 Å². The summed E-state index contributed by atoms with van der Waals surface area (Å²) in [7, 11) is 0. The second-order valence-electron chi connectivity index (χ2n) is 4.08.